The number of amides is 1. The minimum atomic E-state index is -0.160. The predicted molar refractivity (Wildman–Crippen MR) is 80.4 cm³/mol. The van der Waals surface area contributed by atoms with Crippen LogP contribution in [0.4, 0.5) is 0 Å². The van der Waals surface area contributed by atoms with Gasteiger partial charge < -0.3 is 5.32 Å². The molecule has 3 heteroatoms. The number of benzene rings is 1. The summed E-state index contributed by atoms with van der Waals surface area (Å²) in [6.45, 7) is 2.77. The highest BCUT2D eigenvalue weighted by Gasteiger charge is 2.20. The van der Waals surface area contributed by atoms with Crippen molar-refractivity contribution in [3.63, 3.8) is 0 Å². The third-order valence-electron chi connectivity index (χ3n) is 3.23. The Morgan fingerprint density at radius 2 is 2.00 bits per heavy atom. The number of carbonyl (C=O) groups excluding carboxylic acids is 1. The lowest BCUT2D eigenvalue weighted by atomic mass is 9.92. The quantitative estimate of drug-likeness (QED) is 0.875. The molecule has 2 rings (SSSR count). The molecule has 104 valence electrons. The molecule has 0 bridgehead atoms. The van der Waals surface area contributed by atoms with Crippen molar-refractivity contribution in [1.29, 1.82) is 0 Å². The number of hydrogen-bond donors (Lipinski definition) is 1. The first-order chi connectivity index (χ1) is 9.81. The van der Waals surface area contributed by atoms with E-state index in [0.29, 0.717) is 6.42 Å². The average molecular weight is 268 g/mol. The highest BCUT2D eigenvalue weighted by molar-refractivity contribution is 5.83. The van der Waals surface area contributed by atoms with E-state index < -0.39 is 0 Å². The van der Waals surface area contributed by atoms with Crippen LogP contribution in [0.1, 0.15) is 30.4 Å². The van der Waals surface area contributed by atoms with E-state index in [1.807, 2.05) is 48.7 Å². The van der Waals surface area contributed by atoms with Crippen molar-refractivity contribution in [2.24, 2.45) is 0 Å². The van der Waals surface area contributed by atoms with E-state index in [1.54, 1.807) is 6.20 Å². The number of rotatable bonds is 6. The van der Waals surface area contributed by atoms with Crippen LogP contribution in [0.3, 0.4) is 0 Å². The van der Waals surface area contributed by atoms with Gasteiger partial charge in [-0.3, -0.25) is 9.78 Å². The molecule has 1 unspecified atom stereocenters. The SMILES string of the molecule is CCCNC(=O)C(Cc1cccnc1)c1ccccc1. The molecular weight excluding hydrogens is 248 g/mol. The van der Waals surface area contributed by atoms with Crippen LogP contribution in [0.25, 0.3) is 0 Å². The largest absolute Gasteiger partial charge is 0.356 e. The highest BCUT2D eigenvalue weighted by Crippen LogP contribution is 2.20. The molecule has 0 spiro atoms. The maximum absolute atomic E-state index is 12.4. The average Bonchev–Trinajstić information content (AvgIpc) is 2.52. The molecule has 1 N–H and O–H groups in total. The fourth-order valence-corrected chi connectivity index (χ4v) is 2.17. The van der Waals surface area contributed by atoms with Crippen LogP contribution in [-0.4, -0.2) is 17.4 Å². The molecule has 0 aliphatic carbocycles. The van der Waals surface area contributed by atoms with Gasteiger partial charge in [0.1, 0.15) is 0 Å². The first kappa shape index (κ1) is 14.3. The molecule has 2 aromatic rings. The molecule has 0 fully saturated rings. The minimum absolute atomic E-state index is 0.0851. The van der Waals surface area contributed by atoms with Crippen molar-refractivity contribution in [2.45, 2.75) is 25.7 Å². The van der Waals surface area contributed by atoms with E-state index in [9.17, 15) is 4.79 Å². The lowest BCUT2D eigenvalue weighted by Gasteiger charge is -2.17. The summed E-state index contributed by atoms with van der Waals surface area (Å²) in [5, 5.41) is 2.99. The Balaban J connectivity index is 2.18. The van der Waals surface area contributed by atoms with E-state index in [2.05, 4.69) is 17.2 Å². The van der Waals surface area contributed by atoms with Gasteiger partial charge in [0.05, 0.1) is 5.92 Å². The molecule has 0 radical (unpaired) electrons. The van der Waals surface area contributed by atoms with Gasteiger partial charge in [-0.1, -0.05) is 43.3 Å². The molecule has 1 aromatic heterocycles. The van der Waals surface area contributed by atoms with Crippen LogP contribution in [-0.2, 0) is 11.2 Å². The van der Waals surface area contributed by atoms with Gasteiger partial charge in [-0.05, 0) is 30.0 Å². The van der Waals surface area contributed by atoms with Crippen LogP contribution in [0, 0.1) is 0 Å². The second-order valence-corrected chi connectivity index (χ2v) is 4.82. The molecule has 1 aromatic carbocycles. The summed E-state index contributed by atoms with van der Waals surface area (Å²) in [6.07, 6.45) is 5.19. The third-order valence-corrected chi connectivity index (χ3v) is 3.23. The number of nitrogens with zero attached hydrogens (tertiary/aromatic N) is 1. The maximum Gasteiger partial charge on any atom is 0.227 e. The summed E-state index contributed by atoms with van der Waals surface area (Å²) in [6, 6.07) is 13.8. The van der Waals surface area contributed by atoms with Crippen molar-refractivity contribution in [2.75, 3.05) is 6.54 Å². The molecule has 0 aliphatic heterocycles. The zero-order valence-electron chi connectivity index (χ0n) is 11.8. The number of hydrogen-bond acceptors (Lipinski definition) is 2. The van der Waals surface area contributed by atoms with Crippen LogP contribution < -0.4 is 5.32 Å². The minimum Gasteiger partial charge on any atom is -0.356 e. The molecule has 0 saturated carbocycles. The Morgan fingerprint density at radius 3 is 2.65 bits per heavy atom. The van der Waals surface area contributed by atoms with Gasteiger partial charge in [0, 0.05) is 18.9 Å². The van der Waals surface area contributed by atoms with Gasteiger partial charge in [-0.15, -0.1) is 0 Å². The molecule has 20 heavy (non-hydrogen) atoms. The molecule has 3 nitrogen and oxygen atoms in total. The lowest BCUT2D eigenvalue weighted by Crippen LogP contribution is -2.31. The fourth-order valence-electron chi connectivity index (χ4n) is 2.17. The van der Waals surface area contributed by atoms with Gasteiger partial charge >= 0.3 is 0 Å². The number of carbonyl (C=O) groups is 1. The monoisotopic (exact) mass is 268 g/mol. The van der Waals surface area contributed by atoms with E-state index in [-0.39, 0.29) is 11.8 Å². The molecule has 0 aliphatic rings. The van der Waals surface area contributed by atoms with E-state index in [0.717, 1.165) is 24.1 Å². The standard InChI is InChI=1S/C17H20N2O/c1-2-10-19-17(20)16(15-8-4-3-5-9-15)12-14-7-6-11-18-13-14/h3-9,11,13,16H,2,10,12H2,1H3,(H,19,20). The highest BCUT2D eigenvalue weighted by atomic mass is 16.1. The zero-order valence-corrected chi connectivity index (χ0v) is 11.8. The summed E-state index contributed by atoms with van der Waals surface area (Å²) < 4.78 is 0. The normalized spacial score (nSPS) is 11.8. The van der Waals surface area contributed by atoms with Gasteiger partial charge in [-0.2, -0.15) is 0 Å². The Labute approximate surface area is 120 Å². The maximum atomic E-state index is 12.4. The molecule has 1 amide bonds. The summed E-state index contributed by atoms with van der Waals surface area (Å²) >= 11 is 0. The molecular formula is C17H20N2O. The Morgan fingerprint density at radius 1 is 1.20 bits per heavy atom. The molecule has 1 heterocycles. The Kier molecular flexibility index (Phi) is 5.30. The van der Waals surface area contributed by atoms with Crippen LogP contribution >= 0.6 is 0 Å². The van der Waals surface area contributed by atoms with Crippen molar-refractivity contribution in [1.82, 2.24) is 10.3 Å². The number of pyridine rings is 1. The van der Waals surface area contributed by atoms with Crippen molar-refractivity contribution in [3.05, 3.63) is 66.0 Å². The Hall–Kier alpha value is -2.16. The first-order valence-electron chi connectivity index (χ1n) is 7.03. The van der Waals surface area contributed by atoms with Crippen LogP contribution in [0.15, 0.2) is 54.9 Å². The van der Waals surface area contributed by atoms with Crippen molar-refractivity contribution in [3.8, 4) is 0 Å². The zero-order chi connectivity index (χ0) is 14.2. The van der Waals surface area contributed by atoms with Gasteiger partial charge in [0.2, 0.25) is 5.91 Å². The lowest BCUT2D eigenvalue weighted by molar-refractivity contribution is -0.122. The summed E-state index contributed by atoms with van der Waals surface area (Å²) in [7, 11) is 0. The second-order valence-electron chi connectivity index (χ2n) is 4.82. The topological polar surface area (TPSA) is 42.0 Å². The number of nitrogens with one attached hydrogen (secondary N) is 1. The van der Waals surface area contributed by atoms with Crippen LogP contribution in [0.2, 0.25) is 0 Å². The second kappa shape index (κ2) is 7.43. The van der Waals surface area contributed by atoms with Gasteiger partial charge in [0.15, 0.2) is 0 Å². The number of aromatic nitrogens is 1. The van der Waals surface area contributed by atoms with E-state index in [1.165, 1.54) is 0 Å². The van der Waals surface area contributed by atoms with Crippen LogP contribution in [0.5, 0.6) is 0 Å². The smallest absolute Gasteiger partial charge is 0.227 e. The van der Waals surface area contributed by atoms with E-state index >= 15 is 0 Å². The third kappa shape index (κ3) is 3.92. The summed E-state index contributed by atoms with van der Waals surface area (Å²) in [5.74, 6) is -0.0751. The summed E-state index contributed by atoms with van der Waals surface area (Å²) in [4.78, 5) is 16.5. The molecule has 1 atom stereocenters. The predicted octanol–water partition coefficient (Wildman–Crippen LogP) is 2.93. The molecule has 0 saturated heterocycles. The fraction of sp³-hybridized carbons (Fsp3) is 0.294. The summed E-state index contributed by atoms with van der Waals surface area (Å²) in [5.41, 5.74) is 2.12. The van der Waals surface area contributed by atoms with E-state index in [4.69, 9.17) is 0 Å². The van der Waals surface area contributed by atoms with Crippen molar-refractivity contribution >= 4 is 5.91 Å². The van der Waals surface area contributed by atoms with Crippen molar-refractivity contribution < 1.29 is 4.79 Å². The first-order valence-corrected chi connectivity index (χ1v) is 7.03. The van der Waals surface area contributed by atoms with Gasteiger partial charge in [0.25, 0.3) is 0 Å². The van der Waals surface area contributed by atoms with Gasteiger partial charge in [-0.25, -0.2) is 0 Å². The Bertz CT molecular complexity index is 525.